The van der Waals surface area contributed by atoms with Crippen LogP contribution in [0.5, 0.6) is 0 Å². The minimum absolute atomic E-state index is 0.0596. The van der Waals surface area contributed by atoms with Crippen LogP contribution < -0.4 is 10.6 Å². The summed E-state index contributed by atoms with van der Waals surface area (Å²) in [5.41, 5.74) is 0. The minimum atomic E-state index is -1.23. The Kier molecular flexibility index (Phi) is 6.93. The summed E-state index contributed by atoms with van der Waals surface area (Å²) in [5, 5.41) is 11.8. The fraction of sp³-hybridized carbons (Fsp3) is 0.500. The lowest BCUT2D eigenvalue weighted by atomic mass is 10.5. The SMILES string of the molecule is CC(=O)NCC(NC=O)SC(=O)CC(=O)O. The summed E-state index contributed by atoms with van der Waals surface area (Å²) < 4.78 is 0. The van der Waals surface area contributed by atoms with Crippen molar-refractivity contribution in [2.45, 2.75) is 18.7 Å². The molecule has 0 aliphatic heterocycles. The highest BCUT2D eigenvalue weighted by Gasteiger charge is 2.16. The third-order valence-corrected chi connectivity index (χ3v) is 2.35. The van der Waals surface area contributed by atoms with E-state index in [-0.39, 0.29) is 12.5 Å². The largest absolute Gasteiger partial charge is 0.481 e. The Morgan fingerprint density at radius 1 is 1.44 bits per heavy atom. The van der Waals surface area contributed by atoms with Gasteiger partial charge in [-0.2, -0.15) is 0 Å². The molecule has 2 amide bonds. The van der Waals surface area contributed by atoms with Gasteiger partial charge in [0.25, 0.3) is 0 Å². The van der Waals surface area contributed by atoms with E-state index >= 15 is 0 Å². The first kappa shape index (κ1) is 14.4. The highest BCUT2D eigenvalue weighted by atomic mass is 32.2. The highest BCUT2D eigenvalue weighted by molar-refractivity contribution is 8.14. The summed E-state index contributed by atoms with van der Waals surface area (Å²) >= 11 is 0.663. The van der Waals surface area contributed by atoms with Crippen LogP contribution in [-0.2, 0) is 19.2 Å². The zero-order valence-electron chi connectivity index (χ0n) is 8.56. The smallest absolute Gasteiger partial charge is 0.311 e. The van der Waals surface area contributed by atoms with Gasteiger partial charge in [0.2, 0.25) is 17.4 Å². The van der Waals surface area contributed by atoms with Gasteiger partial charge in [0.15, 0.2) is 0 Å². The van der Waals surface area contributed by atoms with Crippen molar-refractivity contribution < 1.29 is 24.3 Å². The molecule has 90 valence electrons. The Morgan fingerprint density at radius 3 is 2.50 bits per heavy atom. The summed E-state index contributed by atoms with van der Waals surface area (Å²) in [7, 11) is 0. The van der Waals surface area contributed by atoms with Gasteiger partial charge in [0.05, 0.1) is 5.37 Å². The van der Waals surface area contributed by atoms with E-state index in [1.165, 1.54) is 6.92 Å². The second-order valence-electron chi connectivity index (χ2n) is 2.77. The van der Waals surface area contributed by atoms with Crippen molar-refractivity contribution in [1.82, 2.24) is 10.6 Å². The maximum Gasteiger partial charge on any atom is 0.311 e. The van der Waals surface area contributed by atoms with E-state index in [9.17, 15) is 19.2 Å². The molecule has 0 spiro atoms. The first-order valence-electron chi connectivity index (χ1n) is 4.31. The van der Waals surface area contributed by atoms with Crippen molar-refractivity contribution in [3.8, 4) is 0 Å². The summed E-state index contributed by atoms with van der Waals surface area (Å²) in [6.45, 7) is 1.35. The Bertz CT molecular complexity index is 294. The molecule has 0 rings (SSSR count). The van der Waals surface area contributed by atoms with Crippen LogP contribution in [0.25, 0.3) is 0 Å². The summed E-state index contributed by atoms with van der Waals surface area (Å²) in [6.07, 6.45) is -0.241. The molecular formula is C8H12N2O5S. The Balaban J connectivity index is 4.10. The van der Waals surface area contributed by atoms with Crippen LogP contribution in [-0.4, -0.2) is 40.4 Å². The van der Waals surface area contributed by atoms with Crippen LogP contribution in [0, 0.1) is 0 Å². The molecule has 0 aliphatic carbocycles. The molecule has 0 heterocycles. The second kappa shape index (κ2) is 7.69. The van der Waals surface area contributed by atoms with Crippen LogP contribution in [0.1, 0.15) is 13.3 Å². The molecule has 0 aromatic rings. The minimum Gasteiger partial charge on any atom is -0.481 e. The second-order valence-corrected chi connectivity index (χ2v) is 4.03. The number of carboxylic acid groups (broad SMARTS) is 1. The molecule has 1 unspecified atom stereocenters. The van der Waals surface area contributed by atoms with Crippen molar-refractivity contribution in [3.05, 3.63) is 0 Å². The number of nitrogens with one attached hydrogen (secondary N) is 2. The van der Waals surface area contributed by atoms with Gasteiger partial charge in [-0.15, -0.1) is 0 Å². The van der Waals surface area contributed by atoms with Crippen molar-refractivity contribution in [1.29, 1.82) is 0 Å². The molecule has 0 fully saturated rings. The molecule has 3 N–H and O–H groups in total. The number of hydrogen-bond acceptors (Lipinski definition) is 5. The van der Waals surface area contributed by atoms with E-state index in [0.29, 0.717) is 18.2 Å². The molecule has 1 atom stereocenters. The van der Waals surface area contributed by atoms with Gasteiger partial charge in [-0.1, -0.05) is 11.8 Å². The lowest BCUT2D eigenvalue weighted by Crippen LogP contribution is -2.38. The number of rotatable bonds is 7. The first-order chi connectivity index (χ1) is 7.45. The van der Waals surface area contributed by atoms with E-state index in [4.69, 9.17) is 5.11 Å². The van der Waals surface area contributed by atoms with Crippen LogP contribution in [0.2, 0.25) is 0 Å². The molecule has 8 heteroatoms. The van der Waals surface area contributed by atoms with E-state index in [0.717, 1.165) is 0 Å². The van der Waals surface area contributed by atoms with Crippen molar-refractivity contribution in [3.63, 3.8) is 0 Å². The van der Waals surface area contributed by atoms with Crippen LogP contribution in [0.4, 0.5) is 0 Å². The number of carbonyl (C=O) groups is 4. The molecule has 7 nitrogen and oxygen atoms in total. The first-order valence-corrected chi connectivity index (χ1v) is 5.19. The molecule has 0 aliphatic rings. The van der Waals surface area contributed by atoms with Crippen molar-refractivity contribution in [2.75, 3.05) is 6.54 Å². The number of thioether (sulfide) groups is 1. The van der Waals surface area contributed by atoms with Crippen LogP contribution in [0.3, 0.4) is 0 Å². The molecule has 0 aromatic heterocycles. The van der Waals surface area contributed by atoms with Gasteiger partial charge < -0.3 is 15.7 Å². The highest BCUT2D eigenvalue weighted by Crippen LogP contribution is 2.10. The molecular weight excluding hydrogens is 236 g/mol. The molecule has 0 bridgehead atoms. The van der Waals surface area contributed by atoms with Gasteiger partial charge >= 0.3 is 5.97 Å². The number of aliphatic carboxylic acids is 1. The van der Waals surface area contributed by atoms with Gasteiger partial charge in [0, 0.05) is 13.5 Å². The van der Waals surface area contributed by atoms with Crippen molar-refractivity contribution in [2.24, 2.45) is 0 Å². The average Bonchev–Trinajstić information content (AvgIpc) is 2.13. The van der Waals surface area contributed by atoms with E-state index < -0.39 is 22.9 Å². The summed E-state index contributed by atoms with van der Waals surface area (Å²) in [5.74, 6) is -1.54. The van der Waals surface area contributed by atoms with E-state index in [1.807, 2.05) is 0 Å². The molecule has 0 radical (unpaired) electrons. The van der Waals surface area contributed by atoms with E-state index in [1.54, 1.807) is 0 Å². The predicted molar refractivity (Wildman–Crippen MR) is 56.5 cm³/mol. The monoisotopic (exact) mass is 248 g/mol. The summed E-state index contributed by atoms with van der Waals surface area (Å²) in [6, 6.07) is 0. The molecule has 0 saturated carbocycles. The zero-order valence-corrected chi connectivity index (χ0v) is 9.37. The van der Waals surface area contributed by atoms with Gasteiger partial charge in [0.1, 0.15) is 6.42 Å². The zero-order chi connectivity index (χ0) is 12.6. The molecule has 16 heavy (non-hydrogen) atoms. The number of amides is 2. The fourth-order valence-corrected chi connectivity index (χ4v) is 1.59. The lowest BCUT2D eigenvalue weighted by Gasteiger charge is -2.14. The van der Waals surface area contributed by atoms with Crippen molar-refractivity contribution >= 4 is 35.2 Å². The maximum absolute atomic E-state index is 11.1. The number of carbonyl (C=O) groups excluding carboxylic acids is 3. The molecule has 0 aromatic carbocycles. The number of hydrogen-bond donors (Lipinski definition) is 3. The Labute approximate surface area is 96.0 Å². The quantitative estimate of drug-likeness (QED) is 0.300. The van der Waals surface area contributed by atoms with Crippen LogP contribution in [0.15, 0.2) is 0 Å². The third-order valence-electron chi connectivity index (χ3n) is 1.36. The Hall–Kier alpha value is -1.57. The fourth-order valence-electron chi connectivity index (χ4n) is 0.771. The van der Waals surface area contributed by atoms with Gasteiger partial charge in [-0.25, -0.2) is 0 Å². The van der Waals surface area contributed by atoms with Crippen LogP contribution >= 0.6 is 11.8 Å². The Morgan fingerprint density at radius 2 is 2.06 bits per heavy atom. The summed E-state index contributed by atoms with van der Waals surface area (Å²) in [4.78, 5) is 42.1. The van der Waals surface area contributed by atoms with Gasteiger partial charge in [-0.3, -0.25) is 19.2 Å². The normalized spacial score (nSPS) is 11.3. The standard InChI is InChI=1S/C8H12N2O5S/c1-5(12)9-3-6(10-4-11)16-8(15)2-7(13)14/h4,6H,2-3H2,1H3,(H,9,12)(H,10,11)(H,13,14). The third kappa shape index (κ3) is 7.80. The predicted octanol–water partition coefficient (Wildman–Crippen LogP) is -1.07. The maximum atomic E-state index is 11.1. The number of carboxylic acids is 1. The van der Waals surface area contributed by atoms with E-state index in [2.05, 4.69) is 10.6 Å². The molecule has 0 saturated heterocycles. The topological polar surface area (TPSA) is 113 Å². The average molecular weight is 248 g/mol. The van der Waals surface area contributed by atoms with Gasteiger partial charge in [-0.05, 0) is 0 Å². The lowest BCUT2D eigenvalue weighted by molar-refractivity contribution is -0.138.